The van der Waals surface area contributed by atoms with Gasteiger partial charge in [-0.05, 0) is 57.9 Å². The number of carbonyl (C=O) groups is 1. The molecule has 0 bridgehead atoms. The van der Waals surface area contributed by atoms with Gasteiger partial charge in [-0.2, -0.15) is 4.98 Å². The van der Waals surface area contributed by atoms with E-state index in [1.165, 1.54) is 0 Å². The molecule has 5 rings (SSSR count). The van der Waals surface area contributed by atoms with Crippen molar-refractivity contribution in [3.63, 3.8) is 0 Å². The van der Waals surface area contributed by atoms with Gasteiger partial charge in [0.05, 0.1) is 30.2 Å². The number of ether oxygens (including phenoxy) is 2. The highest BCUT2D eigenvalue weighted by Gasteiger charge is 2.36. The molecule has 1 unspecified atom stereocenters. The normalized spacial score (nSPS) is 19.0. The third-order valence-electron chi connectivity index (χ3n) is 5.91. The molecule has 2 aliphatic rings. The number of anilines is 6. The van der Waals surface area contributed by atoms with Gasteiger partial charge in [0.25, 0.3) is 5.91 Å². The van der Waals surface area contributed by atoms with Crippen molar-refractivity contribution < 1.29 is 18.7 Å². The lowest BCUT2D eigenvalue weighted by Crippen LogP contribution is -2.46. The van der Waals surface area contributed by atoms with Crippen molar-refractivity contribution in [2.45, 2.75) is 51.4 Å². The minimum absolute atomic E-state index is 0.0834. The first-order chi connectivity index (χ1) is 17.3. The Morgan fingerprint density at radius 3 is 2.69 bits per heavy atom. The van der Waals surface area contributed by atoms with Gasteiger partial charge >= 0.3 is 0 Å². The molecule has 11 nitrogen and oxygen atoms in total. The highest BCUT2D eigenvalue weighted by atomic mass is 19.1. The molecule has 36 heavy (non-hydrogen) atoms. The van der Waals surface area contributed by atoms with Gasteiger partial charge in [0.2, 0.25) is 5.95 Å². The molecule has 12 heteroatoms. The summed E-state index contributed by atoms with van der Waals surface area (Å²) in [5.74, 6) is 0.766. The van der Waals surface area contributed by atoms with Crippen LogP contribution >= 0.6 is 0 Å². The van der Waals surface area contributed by atoms with Gasteiger partial charge in [0.15, 0.2) is 28.8 Å². The van der Waals surface area contributed by atoms with Crippen LogP contribution in [0.25, 0.3) is 0 Å². The monoisotopic (exact) mass is 494 g/mol. The molecule has 3 aromatic rings. The zero-order valence-corrected chi connectivity index (χ0v) is 20.1. The third-order valence-corrected chi connectivity index (χ3v) is 5.91. The number of fused-ring (bicyclic) bond motifs is 1. The quantitative estimate of drug-likeness (QED) is 0.382. The minimum atomic E-state index is -1.01. The van der Waals surface area contributed by atoms with Crippen molar-refractivity contribution in [3.8, 4) is 5.75 Å². The fraction of sp³-hybridized carbons (Fsp3) is 0.375. The first-order valence-corrected chi connectivity index (χ1v) is 11.7. The Hall–Kier alpha value is -4.06. The topological polar surface area (TPSA) is 135 Å². The third kappa shape index (κ3) is 5.13. The zero-order chi connectivity index (χ0) is 25.3. The maximum absolute atomic E-state index is 14.4. The second-order valence-electron chi connectivity index (χ2n) is 9.17. The highest BCUT2D eigenvalue weighted by Crippen LogP contribution is 2.33. The van der Waals surface area contributed by atoms with E-state index < -0.39 is 11.4 Å². The molecule has 0 saturated carbocycles. The number of aromatic nitrogens is 4. The van der Waals surface area contributed by atoms with E-state index in [-0.39, 0.29) is 41.5 Å². The Bertz CT molecular complexity index is 1260. The molecule has 188 valence electrons. The van der Waals surface area contributed by atoms with Gasteiger partial charge in [-0.3, -0.25) is 4.79 Å². The largest absolute Gasteiger partial charge is 0.474 e. The summed E-state index contributed by atoms with van der Waals surface area (Å²) < 4.78 is 25.8. The summed E-state index contributed by atoms with van der Waals surface area (Å²) in [7, 11) is 0. The molecular formula is C24H27FN8O3. The van der Waals surface area contributed by atoms with Crippen molar-refractivity contribution in [2.24, 2.45) is 0 Å². The molecule has 0 aromatic carbocycles. The molecule has 1 fully saturated rings. The van der Waals surface area contributed by atoms with Crippen LogP contribution in [0.4, 0.5) is 39.3 Å². The Balaban J connectivity index is 1.25. The fourth-order valence-corrected chi connectivity index (χ4v) is 3.91. The average Bonchev–Trinajstić information content (AvgIpc) is 3.39. The maximum Gasteiger partial charge on any atom is 0.269 e. The smallest absolute Gasteiger partial charge is 0.269 e. The van der Waals surface area contributed by atoms with E-state index in [0.717, 1.165) is 31.5 Å². The van der Waals surface area contributed by atoms with Crippen LogP contribution in [0.2, 0.25) is 0 Å². The van der Waals surface area contributed by atoms with E-state index in [2.05, 4.69) is 48.1 Å². The molecule has 0 radical (unpaired) electrons. The summed E-state index contributed by atoms with van der Waals surface area (Å²) in [4.78, 5) is 29.1. The Morgan fingerprint density at radius 1 is 1.11 bits per heavy atom. The number of amides is 1. The van der Waals surface area contributed by atoms with Crippen LogP contribution in [0, 0.1) is 5.82 Å². The Labute approximate surface area is 207 Å². The van der Waals surface area contributed by atoms with Gasteiger partial charge in [-0.25, -0.2) is 19.3 Å². The number of nitrogens with zero attached hydrogens (tertiary/aromatic N) is 4. The molecule has 1 saturated heterocycles. The van der Waals surface area contributed by atoms with Crippen molar-refractivity contribution in [2.75, 3.05) is 27.9 Å². The van der Waals surface area contributed by atoms with E-state index in [1.54, 1.807) is 32.2 Å². The van der Waals surface area contributed by atoms with Gasteiger partial charge in [0, 0.05) is 6.61 Å². The van der Waals surface area contributed by atoms with Gasteiger partial charge in [-0.1, -0.05) is 0 Å². The molecule has 1 amide bonds. The summed E-state index contributed by atoms with van der Waals surface area (Å²) in [6.07, 6.45) is 4.99. The summed E-state index contributed by atoms with van der Waals surface area (Å²) in [6.45, 7) is 6.19. The number of carbonyl (C=O) groups excluding carboxylic acids is 1. The lowest BCUT2D eigenvalue weighted by molar-refractivity contribution is -0.129. The number of rotatable bonds is 7. The van der Waals surface area contributed by atoms with E-state index in [4.69, 9.17) is 9.47 Å². The number of halogens is 1. The average molecular weight is 495 g/mol. The molecular weight excluding hydrogens is 467 g/mol. The number of pyridine rings is 2. The zero-order valence-electron chi connectivity index (χ0n) is 20.1. The van der Waals surface area contributed by atoms with E-state index in [9.17, 15) is 9.18 Å². The molecule has 5 heterocycles. The molecule has 4 N–H and O–H groups in total. The van der Waals surface area contributed by atoms with Gasteiger partial charge in [0.1, 0.15) is 11.6 Å². The van der Waals surface area contributed by atoms with Crippen LogP contribution in [0.3, 0.4) is 0 Å². The predicted molar refractivity (Wildman–Crippen MR) is 132 cm³/mol. The highest BCUT2D eigenvalue weighted by molar-refractivity contribution is 5.99. The lowest BCUT2D eigenvalue weighted by Gasteiger charge is -2.30. The lowest BCUT2D eigenvalue weighted by atomic mass is 10.1. The minimum Gasteiger partial charge on any atom is -0.474 e. The van der Waals surface area contributed by atoms with E-state index >= 15 is 0 Å². The Morgan fingerprint density at radius 2 is 1.94 bits per heavy atom. The summed E-state index contributed by atoms with van der Waals surface area (Å²) in [5, 5.41) is 11.9. The SMILES string of the molecule is C[C@@H](Nc1ccc(Nc2ncc(F)c(Nc3ccc4c(n3)NC(=O)C(C)(C)O4)n2)cn1)C1CCCO1. The second kappa shape index (κ2) is 9.53. The van der Waals surface area contributed by atoms with Crippen molar-refractivity contribution >= 4 is 40.8 Å². The summed E-state index contributed by atoms with van der Waals surface area (Å²) in [6, 6.07) is 7.06. The van der Waals surface area contributed by atoms with Crippen LogP contribution in [0.5, 0.6) is 5.75 Å². The van der Waals surface area contributed by atoms with Crippen LogP contribution in [-0.4, -0.2) is 50.2 Å². The summed E-state index contributed by atoms with van der Waals surface area (Å²) >= 11 is 0. The molecule has 0 spiro atoms. The Kier molecular flexibility index (Phi) is 6.27. The standard InChI is InChI=1S/C24H27FN8O3/c1-13(16-5-4-10-35-16)28-18-8-6-14(11-26-18)29-23-27-12-15(25)20(33-23)30-19-9-7-17-21(31-19)32-22(34)24(2,3)36-17/h6-9,11-13,16H,4-5,10H2,1-3H3,(H,26,28)(H3,27,29,30,31,32,33,34)/t13-,16?/m1/s1. The van der Waals surface area contributed by atoms with Crippen LogP contribution in [0.15, 0.2) is 36.7 Å². The van der Waals surface area contributed by atoms with Gasteiger partial charge in [-0.15, -0.1) is 0 Å². The van der Waals surface area contributed by atoms with Crippen molar-refractivity contribution in [3.05, 3.63) is 42.5 Å². The summed E-state index contributed by atoms with van der Waals surface area (Å²) in [5.41, 5.74) is -0.369. The van der Waals surface area contributed by atoms with Crippen LogP contribution < -0.4 is 26.0 Å². The molecule has 2 atom stereocenters. The van der Waals surface area contributed by atoms with E-state index in [0.29, 0.717) is 11.4 Å². The van der Waals surface area contributed by atoms with Gasteiger partial charge < -0.3 is 30.7 Å². The predicted octanol–water partition coefficient (Wildman–Crippen LogP) is 3.98. The molecule has 3 aromatic heterocycles. The maximum atomic E-state index is 14.4. The van der Waals surface area contributed by atoms with Crippen molar-refractivity contribution in [1.29, 1.82) is 0 Å². The first-order valence-electron chi connectivity index (χ1n) is 11.7. The van der Waals surface area contributed by atoms with Crippen LogP contribution in [0.1, 0.15) is 33.6 Å². The first kappa shape index (κ1) is 23.7. The van der Waals surface area contributed by atoms with Crippen LogP contribution in [-0.2, 0) is 9.53 Å². The second-order valence-corrected chi connectivity index (χ2v) is 9.17. The molecule has 0 aliphatic carbocycles. The van der Waals surface area contributed by atoms with E-state index in [1.807, 2.05) is 12.1 Å². The van der Waals surface area contributed by atoms with Crippen molar-refractivity contribution in [1.82, 2.24) is 19.9 Å². The fourth-order valence-electron chi connectivity index (χ4n) is 3.91. The number of hydrogen-bond acceptors (Lipinski definition) is 10. The number of hydrogen-bond donors (Lipinski definition) is 4. The molecule has 2 aliphatic heterocycles. The number of nitrogens with one attached hydrogen (secondary N) is 4.